The molecule has 0 unspecified atom stereocenters. The number of ether oxygens (including phenoxy) is 1. The molecule has 2 aromatic carbocycles. The van der Waals surface area contributed by atoms with Gasteiger partial charge in [0.25, 0.3) is 0 Å². The van der Waals surface area contributed by atoms with Crippen LogP contribution in [0.2, 0.25) is 0 Å². The predicted octanol–water partition coefficient (Wildman–Crippen LogP) is 3.47. The van der Waals surface area contributed by atoms with Gasteiger partial charge in [-0.3, -0.25) is 0 Å². The number of rotatable bonds is 1. The van der Waals surface area contributed by atoms with Crippen molar-refractivity contribution in [3.8, 4) is 22.9 Å². The van der Waals surface area contributed by atoms with Crippen molar-refractivity contribution in [1.29, 1.82) is 5.26 Å². The summed E-state index contributed by atoms with van der Waals surface area (Å²) in [5.74, 6) is 0.948. The van der Waals surface area contributed by atoms with Gasteiger partial charge in [-0.25, -0.2) is 0 Å². The lowest BCUT2D eigenvalue weighted by molar-refractivity contribution is 0.358. The number of fused-ring (bicyclic) bond motifs is 1. The first-order chi connectivity index (χ1) is 8.79. The van der Waals surface area contributed by atoms with Crippen LogP contribution in [0.15, 0.2) is 36.4 Å². The standard InChI is InChI=1S/C16H13NO/c1-11-4-2-3-5-14(11)15-9-12(10-17)8-13-6-7-18-16(13)15/h2-5,8-9H,6-7H2,1H3. The molecule has 0 saturated heterocycles. The third kappa shape index (κ3) is 1.65. The number of nitrogens with zero attached hydrogens (tertiary/aromatic N) is 1. The normalized spacial score (nSPS) is 12.7. The van der Waals surface area contributed by atoms with Crippen molar-refractivity contribution in [2.24, 2.45) is 0 Å². The van der Waals surface area contributed by atoms with Crippen molar-refractivity contribution < 1.29 is 4.74 Å². The van der Waals surface area contributed by atoms with Crippen LogP contribution in [0, 0.1) is 18.3 Å². The van der Waals surface area contributed by atoms with Crippen molar-refractivity contribution in [3.05, 3.63) is 53.1 Å². The number of benzene rings is 2. The predicted molar refractivity (Wildman–Crippen MR) is 70.5 cm³/mol. The average molecular weight is 235 g/mol. The van der Waals surface area contributed by atoms with E-state index in [4.69, 9.17) is 10.00 Å². The summed E-state index contributed by atoms with van der Waals surface area (Å²) in [5, 5.41) is 9.12. The molecule has 0 aromatic heterocycles. The number of aryl methyl sites for hydroxylation is 1. The third-order valence-electron chi connectivity index (χ3n) is 3.35. The molecule has 0 atom stereocenters. The van der Waals surface area contributed by atoms with Crippen molar-refractivity contribution >= 4 is 0 Å². The van der Waals surface area contributed by atoms with E-state index in [-0.39, 0.29) is 0 Å². The van der Waals surface area contributed by atoms with Crippen LogP contribution in [0.5, 0.6) is 5.75 Å². The van der Waals surface area contributed by atoms with E-state index in [0.29, 0.717) is 12.2 Å². The van der Waals surface area contributed by atoms with E-state index in [2.05, 4.69) is 25.1 Å². The fraction of sp³-hybridized carbons (Fsp3) is 0.188. The molecule has 2 heteroatoms. The first kappa shape index (κ1) is 10.9. The summed E-state index contributed by atoms with van der Waals surface area (Å²) in [4.78, 5) is 0. The molecular formula is C16H13NO. The van der Waals surface area contributed by atoms with E-state index in [0.717, 1.165) is 28.9 Å². The summed E-state index contributed by atoms with van der Waals surface area (Å²) >= 11 is 0. The van der Waals surface area contributed by atoms with Gasteiger partial charge in [-0.05, 0) is 35.7 Å². The minimum atomic E-state index is 0.706. The highest BCUT2D eigenvalue weighted by molar-refractivity contribution is 5.76. The maximum atomic E-state index is 9.12. The second-order valence-electron chi connectivity index (χ2n) is 4.54. The monoisotopic (exact) mass is 235 g/mol. The molecule has 2 aromatic rings. The van der Waals surface area contributed by atoms with E-state index in [1.807, 2.05) is 24.3 Å². The molecule has 88 valence electrons. The minimum absolute atomic E-state index is 0.706. The highest BCUT2D eigenvalue weighted by Gasteiger charge is 2.19. The Balaban J connectivity index is 2.27. The molecule has 0 radical (unpaired) electrons. The molecule has 1 aliphatic heterocycles. The molecule has 18 heavy (non-hydrogen) atoms. The van der Waals surface area contributed by atoms with Gasteiger partial charge in [0.15, 0.2) is 0 Å². The number of nitriles is 1. The van der Waals surface area contributed by atoms with E-state index in [1.54, 1.807) is 0 Å². The number of hydrogen-bond donors (Lipinski definition) is 0. The second kappa shape index (κ2) is 4.19. The molecule has 0 spiro atoms. The Morgan fingerprint density at radius 3 is 2.78 bits per heavy atom. The maximum absolute atomic E-state index is 9.12. The number of hydrogen-bond acceptors (Lipinski definition) is 2. The van der Waals surface area contributed by atoms with Gasteiger partial charge in [-0.15, -0.1) is 0 Å². The van der Waals surface area contributed by atoms with E-state index in [9.17, 15) is 0 Å². The SMILES string of the molecule is Cc1ccccc1-c1cc(C#N)cc2c1OCC2. The molecule has 0 fully saturated rings. The first-order valence-corrected chi connectivity index (χ1v) is 6.05. The maximum Gasteiger partial charge on any atom is 0.130 e. The van der Waals surface area contributed by atoms with Crippen LogP contribution in [-0.2, 0) is 6.42 Å². The van der Waals surface area contributed by atoms with Crippen LogP contribution in [0.4, 0.5) is 0 Å². The Morgan fingerprint density at radius 1 is 1.17 bits per heavy atom. The largest absolute Gasteiger partial charge is 0.492 e. The van der Waals surface area contributed by atoms with Gasteiger partial charge >= 0.3 is 0 Å². The molecule has 0 saturated carbocycles. The Hall–Kier alpha value is -2.27. The molecule has 1 heterocycles. The van der Waals surface area contributed by atoms with Gasteiger partial charge in [0.1, 0.15) is 5.75 Å². The average Bonchev–Trinajstić information content (AvgIpc) is 2.86. The zero-order chi connectivity index (χ0) is 12.5. The van der Waals surface area contributed by atoms with Crippen molar-refractivity contribution in [2.75, 3.05) is 6.61 Å². The second-order valence-corrected chi connectivity index (χ2v) is 4.54. The summed E-state index contributed by atoms with van der Waals surface area (Å²) in [6.45, 7) is 2.79. The molecule has 3 rings (SSSR count). The van der Waals surface area contributed by atoms with Gasteiger partial charge < -0.3 is 4.74 Å². The molecule has 0 N–H and O–H groups in total. The summed E-state index contributed by atoms with van der Waals surface area (Å²) in [5.41, 5.74) is 5.24. The van der Waals surface area contributed by atoms with Crippen LogP contribution >= 0.6 is 0 Å². The van der Waals surface area contributed by atoms with Gasteiger partial charge in [-0.1, -0.05) is 24.3 Å². The summed E-state index contributed by atoms with van der Waals surface area (Å²) in [6, 6.07) is 14.3. The van der Waals surface area contributed by atoms with Crippen LogP contribution in [-0.4, -0.2) is 6.61 Å². The fourth-order valence-corrected chi connectivity index (χ4v) is 2.45. The summed E-state index contributed by atoms with van der Waals surface area (Å²) < 4.78 is 5.73. The third-order valence-corrected chi connectivity index (χ3v) is 3.35. The Bertz CT molecular complexity index is 653. The lowest BCUT2D eigenvalue weighted by atomic mass is 9.95. The Morgan fingerprint density at radius 2 is 2.00 bits per heavy atom. The van der Waals surface area contributed by atoms with Gasteiger partial charge in [0.05, 0.1) is 18.2 Å². The smallest absolute Gasteiger partial charge is 0.130 e. The van der Waals surface area contributed by atoms with Crippen LogP contribution in [0.1, 0.15) is 16.7 Å². The zero-order valence-corrected chi connectivity index (χ0v) is 10.2. The first-order valence-electron chi connectivity index (χ1n) is 6.05. The van der Waals surface area contributed by atoms with Crippen LogP contribution < -0.4 is 4.74 Å². The van der Waals surface area contributed by atoms with Gasteiger partial charge in [-0.2, -0.15) is 5.26 Å². The Labute approximate surface area is 106 Å². The van der Waals surface area contributed by atoms with Crippen molar-refractivity contribution in [2.45, 2.75) is 13.3 Å². The summed E-state index contributed by atoms with van der Waals surface area (Å²) in [7, 11) is 0. The van der Waals surface area contributed by atoms with E-state index in [1.165, 1.54) is 5.56 Å². The molecule has 0 amide bonds. The lowest BCUT2D eigenvalue weighted by Gasteiger charge is -2.11. The molecule has 2 nitrogen and oxygen atoms in total. The van der Waals surface area contributed by atoms with Crippen LogP contribution in [0.3, 0.4) is 0 Å². The van der Waals surface area contributed by atoms with Gasteiger partial charge in [0.2, 0.25) is 0 Å². The summed E-state index contributed by atoms with van der Waals surface area (Å²) in [6.07, 6.45) is 0.893. The topological polar surface area (TPSA) is 33.0 Å². The highest BCUT2D eigenvalue weighted by atomic mass is 16.5. The Kier molecular flexibility index (Phi) is 2.53. The van der Waals surface area contributed by atoms with Crippen LogP contribution in [0.25, 0.3) is 11.1 Å². The molecule has 0 bridgehead atoms. The van der Waals surface area contributed by atoms with E-state index < -0.39 is 0 Å². The lowest BCUT2D eigenvalue weighted by Crippen LogP contribution is -1.91. The minimum Gasteiger partial charge on any atom is -0.492 e. The molecule has 0 aliphatic carbocycles. The fourth-order valence-electron chi connectivity index (χ4n) is 2.45. The van der Waals surface area contributed by atoms with E-state index >= 15 is 0 Å². The van der Waals surface area contributed by atoms with Crippen molar-refractivity contribution in [1.82, 2.24) is 0 Å². The van der Waals surface area contributed by atoms with Gasteiger partial charge in [0, 0.05) is 12.0 Å². The highest BCUT2D eigenvalue weighted by Crippen LogP contribution is 2.39. The molecular weight excluding hydrogens is 222 g/mol. The molecule has 1 aliphatic rings. The quantitative estimate of drug-likeness (QED) is 0.758. The zero-order valence-electron chi connectivity index (χ0n) is 10.2. The van der Waals surface area contributed by atoms with Crippen molar-refractivity contribution in [3.63, 3.8) is 0 Å².